The highest BCUT2D eigenvalue weighted by atomic mass is 15.3. The molecule has 0 fully saturated rings. The summed E-state index contributed by atoms with van der Waals surface area (Å²) < 4.78 is 7.78. The average molecular weight is 739 g/mol. The molecular formula is C54H48N3+3. The number of rotatable bonds is 8. The van der Waals surface area contributed by atoms with Gasteiger partial charge in [0, 0.05) is 53.5 Å². The Morgan fingerprint density at radius 1 is 0.544 bits per heavy atom. The van der Waals surface area contributed by atoms with Crippen LogP contribution in [0.5, 0.6) is 0 Å². The van der Waals surface area contributed by atoms with Crippen LogP contribution in [0.15, 0.2) is 183 Å². The van der Waals surface area contributed by atoms with E-state index in [4.69, 9.17) is 0 Å². The quantitative estimate of drug-likeness (QED) is 0.138. The molecule has 2 aliphatic rings. The zero-order chi connectivity index (χ0) is 39.0. The molecule has 0 N–H and O–H groups in total. The van der Waals surface area contributed by atoms with Crippen LogP contribution in [0, 0.1) is 13.8 Å². The molecule has 0 saturated carbocycles. The van der Waals surface area contributed by atoms with Crippen LogP contribution in [0.4, 0.5) is 0 Å². The predicted molar refractivity (Wildman–Crippen MR) is 236 cm³/mol. The fourth-order valence-corrected chi connectivity index (χ4v) is 8.97. The molecule has 0 amide bonds. The van der Waals surface area contributed by atoms with Crippen molar-refractivity contribution in [3.05, 3.63) is 217 Å². The van der Waals surface area contributed by atoms with Crippen LogP contribution in [0.2, 0.25) is 0 Å². The molecule has 5 aromatic carbocycles. The second kappa shape index (κ2) is 15.1. The molecule has 0 radical (unpaired) electrons. The lowest BCUT2D eigenvalue weighted by atomic mass is 9.86. The summed E-state index contributed by atoms with van der Waals surface area (Å²) in [7, 11) is 0. The van der Waals surface area contributed by atoms with Gasteiger partial charge in [0.2, 0.25) is 17.1 Å². The van der Waals surface area contributed by atoms with Crippen molar-refractivity contribution in [3.63, 3.8) is 0 Å². The first-order chi connectivity index (χ1) is 27.9. The SMILES string of the molecule is C=Cc1ccc(-c2ccc(C)c(-c3cccc[n+]3C3C([N+]4=C(c5ccccc5C)C=CCC4C)c4ccc(-c5ccc(C=C)cc5)cc4-c4cccc[n+]43)c2)cc1. The van der Waals surface area contributed by atoms with Crippen molar-refractivity contribution in [1.82, 2.24) is 0 Å². The van der Waals surface area contributed by atoms with Gasteiger partial charge in [-0.25, -0.2) is 4.58 Å². The summed E-state index contributed by atoms with van der Waals surface area (Å²) in [5, 5.41) is 0. The standard InChI is InChI=1S/C54H48N3/c1-6-40-22-27-42(28-23-40)44-26-21-38(4)48(35-44)50-18-10-12-33-55(50)54-53(57-39(5)16-14-20-52(57)46-17-9-8-15-37(46)3)47-32-31-45(43-29-24-41(7-2)25-30-43)36-49(47)51-19-11-13-34-56(51)54/h6-15,17-36,39,53-54H,1-2,16H2,3-5H3/q+3. The van der Waals surface area contributed by atoms with Gasteiger partial charge in [0.15, 0.2) is 18.4 Å². The van der Waals surface area contributed by atoms with E-state index in [1.54, 1.807) is 0 Å². The lowest BCUT2D eigenvalue weighted by molar-refractivity contribution is -0.964. The molecule has 3 unspecified atom stereocenters. The van der Waals surface area contributed by atoms with E-state index in [0.717, 1.165) is 17.5 Å². The normalized spacial score (nSPS) is 17.1. The van der Waals surface area contributed by atoms with Crippen LogP contribution in [-0.2, 0) is 0 Å². The molecule has 0 aliphatic carbocycles. The molecule has 0 bridgehead atoms. The second-order valence-electron chi connectivity index (χ2n) is 15.4. The third-order valence-electron chi connectivity index (χ3n) is 12.0. The maximum Gasteiger partial charge on any atom is 0.419 e. The van der Waals surface area contributed by atoms with Gasteiger partial charge in [0.1, 0.15) is 0 Å². The summed E-state index contributed by atoms with van der Waals surface area (Å²) in [6.45, 7) is 14.8. The lowest BCUT2D eigenvalue weighted by Crippen LogP contribution is -2.65. The average Bonchev–Trinajstić information content (AvgIpc) is 3.26. The van der Waals surface area contributed by atoms with E-state index in [0.29, 0.717) is 0 Å². The van der Waals surface area contributed by atoms with Crippen molar-refractivity contribution in [2.45, 2.75) is 45.4 Å². The zero-order valence-electron chi connectivity index (χ0n) is 33.0. The van der Waals surface area contributed by atoms with Gasteiger partial charge in [-0.1, -0.05) is 122 Å². The maximum absolute atomic E-state index is 3.98. The summed E-state index contributed by atoms with van der Waals surface area (Å²) >= 11 is 0. The highest BCUT2D eigenvalue weighted by molar-refractivity contribution is 6.06. The van der Waals surface area contributed by atoms with Crippen LogP contribution < -0.4 is 9.13 Å². The predicted octanol–water partition coefficient (Wildman–Crippen LogP) is 11.8. The number of hydrogen-bond acceptors (Lipinski definition) is 0. The number of hydrogen-bond donors (Lipinski definition) is 0. The summed E-state index contributed by atoms with van der Waals surface area (Å²) in [5.74, 6) is 0. The molecular weight excluding hydrogens is 691 g/mol. The highest BCUT2D eigenvalue weighted by Gasteiger charge is 2.56. The molecule has 0 saturated heterocycles. The highest BCUT2D eigenvalue weighted by Crippen LogP contribution is 2.42. The first-order valence-electron chi connectivity index (χ1n) is 20.0. The summed E-state index contributed by atoms with van der Waals surface area (Å²) in [6.07, 6.45) is 13.9. The van der Waals surface area contributed by atoms with Crippen molar-refractivity contribution >= 4 is 17.9 Å². The van der Waals surface area contributed by atoms with Gasteiger partial charge in [-0.15, -0.1) is 9.13 Å². The fraction of sp³-hybridized carbons (Fsp3) is 0.130. The molecule has 3 atom stereocenters. The summed E-state index contributed by atoms with van der Waals surface area (Å²) in [6, 6.07) is 53.8. The molecule has 57 heavy (non-hydrogen) atoms. The first-order valence-corrected chi connectivity index (χ1v) is 20.0. The third kappa shape index (κ3) is 6.49. The number of allylic oxidation sites excluding steroid dienone is 1. The molecule has 2 aromatic heterocycles. The van der Waals surface area contributed by atoms with E-state index >= 15 is 0 Å². The van der Waals surface area contributed by atoms with E-state index in [9.17, 15) is 0 Å². The van der Waals surface area contributed by atoms with Crippen LogP contribution >= 0.6 is 0 Å². The Labute approximate surface area is 337 Å². The minimum Gasteiger partial charge on any atom is -0.207 e. The van der Waals surface area contributed by atoms with Gasteiger partial charge < -0.3 is 0 Å². The Morgan fingerprint density at radius 2 is 1.07 bits per heavy atom. The first kappa shape index (κ1) is 36.0. The lowest BCUT2D eigenvalue weighted by Gasteiger charge is -2.30. The van der Waals surface area contributed by atoms with Gasteiger partial charge in [0.25, 0.3) is 0 Å². The number of nitrogens with zero attached hydrogens (tertiary/aromatic N) is 3. The third-order valence-corrected chi connectivity index (χ3v) is 12.0. The Kier molecular flexibility index (Phi) is 9.52. The molecule has 9 rings (SSSR count). The van der Waals surface area contributed by atoms with E-state index < -0.39 is 0 Å². The van der Waals surface area contributed by atoms with Crippen LogP contribution in [0.25, 0.3) is 56.9 Å². The number of fused-ring (bicyclic) bond motifs is 3. The monoisotopic (exact) mass is 738 g/mol. The number of pyridine rings is 2. The van der Waals surface area contributed by atoms with Gasteiger partial charge in [-0.2, -0.15) is 0 Å². The topological polar surface area (TPSA) is 10.8 Å². The number of benzene rings is 5. The van der Waals surface area contributed by atoms with Gasteiger partial charge in [-0.3, -0.25) is 0 Å². The van der Waals surface area contributed by atoms with Crippen molar-refractivity contribution in [3.8, 4) is 44.8 Å². The molecule has 4 heterocycles. The van der Waals surface area contributed by atoms with E-state index in [1.807, 2.05) is 12.2 Å². The van der Waals surface area contributed by atoms with Gasteiger partial charge in [-0.05, 0) is 95.6 Å². The summed E-state index contributed by atoms with van der Waals surface area (Å²) in [5.41, 5.74) is 18.2. The second-order valence-corrected chi connectivity index (χ2v) is 15.4. The minimum absolute atomic E-state index is 0.0484. The molecule has 276 valence electrons. The number of aryl methyl sites for hydroxylation is 2. The smallest absolute Gasteiger partial charge is 0.207 e. The van der Waals surface area contributed by atoms with Gasteiger partial charge >= 0.3 is 12.2 Å². The van der Waals surface area contributed by atoms with Crippen LogP contribution in [0.3, 0.4) is 0 Å². The molecule has 0 spiro atoms. The minimum atomic E-state index is -0.120. The van der Waals surface area contributed by atoms with Crippen LogP contribution in [-0.4, -0.2) is 16.3 Å². The Balaban J connectivity index is 1.31. The molecule has 3 nitrogen and oxygen atoms in total. The zero-order valence-corrected chi connectivity index (χ0v) is 33.0. The molecule has 7 aromatic rings. The molecule has 2 aliphatic heterocycles. The summed E-state index contributed by atoms with van der Waals surface area (Å²) in [4.78, 5) is 0. The fourth-order valence-electron chi connectivity index (χ4n) is 8.97. The van der Waals surface area contributed by atoms with E-state index in [1.165, 1.54) is 72.7 Å². The Bertz CT molecular complexity index is 2730. The molecule has 3 heteroatoms. The number of aromatic nitrogens is 2. The van der Waals surface area contributed by atoms with Crippen molar-refractivity contribution in [2.75, 3.05) is 0 Å². The van der Waals surface area contributed by atoms with Crippen molar-refractivity contribution < 1.29 is 13.7 Å². The van der Waals surface area contributed by atoms with E-state index in [-0.39, 0.29) is 18.2 Å². The largest absolute Gasteiger partial charge is 0.419 e. The maximum atomic E-state index is 3.98. The van der Waals surface area contributed by atoms with Crippen molar-refractivity contribution in [2.24, 2.45) is 0 Å². The van der Waals surface area contributed by atoms with E-state index in [2.05, 4.69) is 218 Å². The van der Waals surface area contributed by atoms with Gasteiger partial charge in [0.05, 0.1) is 5.56 Å². The Morgan fingerprint density at radius 3 is 1.68 bits per heavy atom. The van der Waals surface area contributed by atoms with Crippen molar-refractivity contribution in [1.29, 1.82) is 0 Å². The van der Waals surface area contributed by atoms with Crippen LogP contribution in [0.1, 0.15) is 58.9 Å². The Hall–Kier alpha value is -6.71.